The molecule has 9 nitrogen and oxygen atoms in total. The Hall–Kier alpha value is -4.66. The predicted octanol–water partition coefficient (Wildman–Crippen LogP) is 4.15. The van der Waals surface area contributed by atoms with Gasteiger partial charge in [0.2, 0.25) is 0 Å². The van der Waals surface area contributed by atoms with Crippen molar-refractivity contribution in [2.45, 2.75) is 33.1 Å². The molecule has 2 heterocycles. The first-order chi connectivity index (χ1) is 17.2. The van der Waals surface area contributed by atoms with Crippen LogP contribution in [-0.2, 0) is 5.41 Å². The highest BCUT2D eigenvalue weighted by Gasteiger charge is 2.24. The van der Waals surface area contributed by atoms with E-state index in [2.05, 4.69) is 20.4 Å². The van der Waals surface area contributed by atoms with Gasteiger partial charge in [-0.1, -0.05) is 69.3 Å². The minimum atomic E-state index is -0.527. The topological polar surface area (TPSA) is 104 Å². The minimum Gasteiger partial charge on any atom is -0.422 e. The first-order valence-corrected chi connectivity index (χ1v) is 11.4. The average Bonchev–Trinajstić information content (AvgIpc) is 3.32. The molecule has 0 bridgehead atoms. The van der Waals surface area contributed by atoms with E-state index in [0.29, 0.717) is 22.6 Å². The van der Waals surface area contributed by atoms with Crippen LogP contribution in [0.5, 0.6) is 5.75 Å². The van der Waals surface area contributed by atoms with Crippen LogP contribution in [0.3, 0.4) is 0 Å². The van der Waals surface area contributed by atoms with Crippen molar-refractivity contribution in [3.8, 4) is 5.75 Å². The van der Waals surface area contributed by atoms with Crippen LogP contribution >= 0.6 is 0 Å². The lowest BCUT2D eigenvalue weighted by atomic mass is 9.93. The van der Waals surface area contributed by atoms with Crippen molar-refractivity contribution >= 4 is 28.7 Å². The van der Waals surface area contributed by atoms with Crippen molar-refractivity contribution in [1.29, 1.82) is 0 Å². The fourth-order valence-corrected chi connectivity index (χ4v) is 3.92. The van der Waals surface area contributed by atoms with Crippen LogP contribution in [0.4, 0.5) is 0 Å². The molecule has 5 aromatic rings. The maximum absolute atomic E-state index is 13.3. The fraction of sp³-hybridized carbons (Fsp3) is 0.185. The van der Waals surface area contributed by atoms with Gasteiger partial charge >= 0.3 is 5.97 Å². The number of carbonyl (C=O) groups is 1. The van der Waals surface area contributed by atoms with E-state index in [1.165, 1.54) is 17.1 Å². The second kappa shape index (κ2) is 8.84. The summed E-state index contributed by atoms with van der Waals surface area (Å²) in [5.41, 5.74) is 1.22. The van der Waals surface area contributed by atoms with Crippen LogP contribution < -0.4 is 10.3 Å². The van der Waals surface area contributed by atoms with Gasteiger partial charge in [-0.25, -0.2) is 4.79 Å². The quantitative estimate of drug-likeness (QED) is 0.218. The van der Waals surface area contributed by atoms with Crippen molar-refractivity contribution in [3.63, 3.8) is 0 Å². The zero-order valence-corrected chi connectivity index (χ0v) is 20.3. The molecule has 9 heteroatoms. The fourth-order valence-electron chi connectivity index (χ4n) is 3.92. The number of rotatable bonds is 4. The van der Waals surface area contributed by atoms with Crippen LogP contribution in [-0.4, -0.2) is 36.7 Å². The van der Waals surface area contributed by atoms with Crippen LogP contribution in [0.15, 0.2) is 76.9 Å². The normalized spacial score (nSPS) is 12.0. The lowest BCUT2D eigenvalue weighted by Gasteiger charge is -2.17. The number of ether oxygens (including phenoxy) is 1. The maximum atomic E-state index is 13.3. The second-order valence-corrected chi connectivity index (χ2v) is 9.44. The molecule has 0 saturated carbocycles. The molecule has 0 fully saturated rings. The van der Waals surface area contributed by atoms with E-state index >= 15 is 0 Å². The Morgan fingerprint density at radius 3 is 2.56 bits per heavy atom. The number of hydrogen-bond acceptors (Lipinski definition) is 7. The summed E-state index contributed by atoms with van der Waals surface area (Å²) < 4.78 is 8.41. The van der Waals surface area contributed by atoms with E-state index in [-0.39, 0.29) is 5.78 Å². The molecular weight excluding hydrogens is 456 g/mol. The molecule has 36 heavy (non-hydrogen) atoms. The number of aryl methyl sites for hydroxylation is 1. The van der Waals surface area contributed by atoms with Gasteiger partial charge in [-0.3, -0.25) is 4.79 Å². The molecule has 0 aliphatic carbocycles. The summed E-state index contributed by atoms with van der Waals surface area (Å²) in [5, 5.41) is 18.5. The second-order valence-electron chi connectivity index (χ2n) is 9.44. The SMILES string of the molecule is Cc1ccccc1C(=O)Oc1ccc2ccccc2c1C=Nn1c(=O)c(C(C)(C)C)nn2cnnc12. The maximum Gasteiger partial charge on any atom is 0.343 e. The van der Waals surface area contributed by atoms with Crippen LogP contribution in [0.1, 0.15) is 48.0 Å². The average molecular weight is 481 g/mol. The van der Waals surface area contributed by atoms with E-state index in [4.69, 9.17) is 4.74 Å². The lowest BCUT2D eigenvalue weighted by molar-refractivity contribution is 0.0734. The van der Waals surface area contributed by atoms with E-state index < -0.39 is 16.9 Å². The molecule has 180 valence electrons. The van der Waals surface area contributed by atoms with Crippen molar-refractivity contribution < 1.29 is 9.53 Å². The summed E-state index contributed by atoms with van der Waals surface area (Å²) in [5.74, 6) is 0.0123. The van der Waals surface area contributed by atoms with Gasteiger partial charge in [0.05, 0.1) is 11.8 Å². The lowest BCUT2D eigenvalue weighted by Crippen LogP contribution is -2.33. The molecule has 0 saturated heterocycles. The highest BCUT2D eigenvalue weighted by molar-refractivity contribution is 6.04. The number of aromatic nitrogens is 5. The Balaban J connectivity index is 1.66. The standard InChI is InChI=1S/C27H24N6O3/c1-17-9-5-7-11-19(17)25(35)36-22-14-13-18-10-6-8-12-20(18)21(22)15-29-33-24(34)23(27(2,3)4)31-32-16-28-30-26(32)33/h5-16H,1-4H3. The minimum absolute atomic E-state index is 0.169. The number of nitrogens with zero attached hydrogens (tertiary/aromatic N) is 6. The highest BCUT2D eigenvalue weighted by atomic mass is 16.5. The Morgan fingerprint density at radius 2 is 1.78 bits per heavy atom. The summed E-state index contributed by atoms with van der Waals surface area (Å²) in [7, 11) is 0. The van der Waals surface area contributed by atoms with Crippen LogP contribution in [0.2, 0.25) is 0 Å². The molecule has 0 aliphatic heterocycles. The summed E-state index contributed by atoms with van der Waals surface area (Å²) in [4.78, 5) is 26.3. The molecule has 2 aromatic heterocycles. The van der Waals surface area contributed by atoms with Gasteiger partial charge in [0.15, 0.2) is 0 Å². The zero-order chi connectivity index (χ0) is 25.4. The first-order valence-electron chi connectivity index (χ1n) is 11.4. The summed E-state index contributed by atoms with van der Waals surface area (Å²) >= 11 is 0. The molecular formula is C27H24N6O3. The Morgan fingerprint density at radius 1 is 1.03 bits per heavy atom. The van der Waals surface area contributed by atoms with Gasteiger partial charge in [0.25, 0.3) is 11.3 Å². The highest BCUT2D eigenvalue weighted by Crippen LogP contribution is 2.28. The van der Waals surface area contributed by atoms with E-state index in [0.717, 1.165) is 21.0 Å². The predicted molar refractivity (Wildman–Crippen MR) is 137 cm³/mol. The molecule has 3 aromatic carbocycles. The number of esters is 1. The van der Waals surface area contributed by atoms with Crippen LogP contribution in [0, 0.1) is 6.92 Å². The molecule has 0 aliphatic rings. The molecule has 0 spiro atoms. The van der Waals surface area contributed by atoms with E-state index in [1.807, 2.05) is 70.2 Å². The van der Waals surface area contributed by atoms with Gasteiger partial charge < -0.3 is 4.74 Å². The van der Waals surface area contributed by atoms with Gasteiger partial charge in [-0.2, -0.15) is 19.4 Å². The third-order valence-corrected chi connectivity index (χ3v) is 5.82. The van der Waals surface area contributed by atoms with Gasteiger partial charge in [0, 0.05) is 11.0 Å². The molecule has 0 unspecified atom stereocenters. The smallest absolute Gasteiger partial charge is 0.343 e. The molecule has 0 radical (unpaired) electrons. The van der Waals surface area contributed by atoms with Crippen molar-refractivity contribution in [3.05, 3.63) is 99.7 Å². The largest absolute Gasteiger partial charge is 0.422 e. The Kier molecular flexibility index (Phi) is 5.68. The summed E-state index contributed by atoms with van der Waals surface area (Å²) in [6.07, 6.45) is 2.93. The summed E-state index contributed by atoms with van der Waals surface area (Å²) in [6, 6.07) is 18.5. The van der Waals surface area contributed by atoms with E-state index in [1.54, 1.807) is 18.2 Å². The zero-order valence-electron chi connectivity index (χ0n) is 20.3. The van der Waals surface area contributed by atoms with Gasteiger partial charge in [0.1, 0.15) is 17.8 Å². The number of benzene rings is 3. The number of carbonyl (C=O) groups excluding carboxylic acids is 1. The van der Waals surface area contributed by atoms with Gasteiger partial charge in [-0.05, 0) is 35.4 Å². The number of hydrogen-bond donors (Lipinski definition) is 0. The first kappa shape index (κ1) is 23.1. The molecule has 0 N–H and O–H groups in total. The Labute approximate surface area is 206 Å². The van der Waals surface area contributed by atoms with Crippen LogP contribution in [0.25, 0.3) is 16.6 Å². The van der Waals surface area contributed by atoms with Crippen molar-refractivity contribution in [1.82, 2.24) is 24.5 Å². The Bertz CT molecular complexity index is 1710. The number of fused-ring (bicyclic) bond motifs is 2. The monoisotopic (exact) mass is 480 g/mol. The third kappa shape index (κ3) is 4.15. The van der Waals surface area contributed by atoms with E-state index in [9.17, 15) is 9.59 Å². The molecule has 0 amide bonds. The van der Waals surface area contributed by atoms with Crippen molar-refractivity contribution in [2.75, 3.05) is 0 Å². The molecule has 0 atom stereocenters. The third-order valence-electron chi connectivity index (χ3n) is 5.82. The van der Waals surface area contributed by atoms with Gasteiger partial charge in [-0.15, -0.1) is 10.2 Å². The summed E-state index contributed by atoms with van der Waals surface area (Å²) in [6.45, 7) is 7.55. The molecule has 5 rings (SSSR count). The van der Waals surface area contributed by atoms with Crippen molar-refractivity contribution in [2.24, 2.45) is 5.10 Å².